The fraction of sp³-hybridized carbons (Fsp3) is 0.263. The summed E-state index contributed by atoms with van der Waals surface area (Å²) in [7, 11) is 0. The smallest absolute Gasteiger partial charge is 0.340 e. The molecular formula is C38H37ClN2O9. The van der Waals surface area contributed by atoms with E-state index in [1.54, 1.807) is 64.1 Å². The summed E-state index contributed by atoms with van der Waals surface area (Å²) in [6.45, 7) is 9.18. The van der Waals surface area contributed by atoms with Crippen molar-refractivity contribution in [3.05, 3.63) is 98.1 Å². The van der Waals surface area contributed by atoms with Gasteiger partial charge in [0.15, 0.2) is 11.5 Å². The molecule has 1 aliphatic rings. The molecule has 0 atom stereocenters. The highest BCUT2D eigenvalue weighted by molar-refractivity contribution is 6.43. The van der Waals surface area contributed by atoms with E-state index in [9.17, 15) is 29.4 Å². The molecule has 50 heavy (non-hydrogen) atoms. The van der Waals surface area contributed by atoms with Gasteiger partial charge >= 0.3 is 11.9 Å². The molecule has 0 fully saturated rings. The molecule has 5 rings (SSSR count). The Bertz CT molecular complexity index is 2040. The number of aromatic hydroxyl groups is 2. The van der Waals surface area contributed by atoms with Crippen LogP contribution < -0.4 is 15.4 Å². The molecule has 0 unspecified atom stereocenters. The molecule has 4 aromatic rings. The van der Waals surface area contributed by atoms with E-state index in [1.165, 1.54) is 0 Å². The lowest BCUT2D eigenvalue weighted by molar-refractivity contribution is 0.0517. The van der Waals surface area contributed by atoms with E-state index in [4.69, 9.17) is 25.8 Å². The van der Waals surface area contributed by atoms with Crippen LogP contribution in [0.1, 0.15) is 97.3 Å². The highest BCUT2D eigenvalue weighted by Crippen LogP contribution is 2.52. The fourth-order valence-electron chi connectivity index (χ4n) is 5.79. The zero-order chi connectivity index (χ0) is 36.3. The lowest BCUT2D eigenvalue weighted by atomic mass is 9.81. The Balaban J connectivity index is 1.89. The van der Waals surface area contributed by atoms with Crippen molar-refractivity contribution in [1.29, 1.82) is 0 Å². The Kier molecular flexibility index (Phi) is 10.7. The molecule has 0 amide bonds. The summed E-state index contributed by atoms with van der Waals surface area (Å²) in [6.07, 6.45) is 1.29. The van der Waals surface area contributed by atoms with E-state index in [2.05, 4.69) is 10.6 Å². The Morgan fingerprint density at radius 3 is 1.64 bits per heavy atom. The SMILES string of the molecule is CCCCOc1c(Nc2c(C)cccc2C(=O)OCC)c(Nc2c(C)cccc2C(=O)OCC)c(Cl)c2c1C(=O)c1c(O)ccc(O)c1C2=O. The molecule has 12 heteroatoms. The number of anilines is 4. The monoisotopic (exact) mass is 700 g/mol. The van der Waals surface area contributed by atoms with Gasteiger partial charge in [-0.1, -0.05) is 49.2 Å². The van der Waals surface area contributed by atoms with Gasteiger partial charge in [0, 0.05) is 0 Å². The first-order valence-corrected chi connectivity index (χ1v) is 16.6. The van der Waals surface area contributed by atoms with Crippen LogP contribution in [0.2, 0.25) is 5.02 Å². The standard InChI is InChI=1S/C38H37ClN2O9/c1-6-9-18-50-36-28-27(34(44)25-23(42)16-17-24(43)26(25)35(28)45)29(39)32(40-30-19(4)12-10-14-21(30)37(46)48-7-2)33(36)41-31-20(5)13-11-15-22(31)38(47)49-8-3/h10-17,40-43H,6-9,18H2,1-5H3. The van der Waals surface area contributed by atoms with E-state index in [-0.39, 0.29) is 64.2 Å². The highest BCUT2D eigenvalue weighted by atomic mass is 35.5. The topological polar surface area (TPSA) is 160 Å². The van der Waals surface area contributed by atoms with Crippen molar-refractivity contribution in [3.63, 3.8) is 0 Å². The van der Waals surface area contributed by atoms with Gasteiger partial charge < -0.3 is 35.1 Å². The second-order valence-corrected chi connectivity index (χ2v) is 11.9. The maximum Gasteiger partial charge on any atom is 0.340 e. The van der Waals surface area contributed by atoms with Gasteiger partial charge in [-0.2, -0.15) is 0 Å². The number of para-hydroxylation sites is 2. The number of rotatable bonds is 12. The average molecular weight is 701 g/mol. The van der Waals surface area contributed by atoms with E-state index in [0.717, 1.165) is 18.6 Å². The van der Waals surface area contributed by atoms with Crippen molar-refractivity contribution in [2.24, 2.45) is 0 Å². The zero-order valence-corrected chi connectivity index (χ0v) is 29.0. The van der Waals surface area contributed by atoms with E-state index >= 15 is 0 Å². The number of unbranched alkanes of at least 4 members (excludes halogenated alkanes) is 1. The van der Waals surface area contributed by atoms with Gasteiger partial charge in [0.25, 0.3) is 0 Å². The van der Waals surface area contributed by atoms with Crippen molar-refractivity contribution in [1.82, 2.24) is 0 Å². The molecule has 0 saturated heterocycles. The van der Waals surface area contributed by atoms with Crippen LogP contribution in [-0.4, -0.2) is 53.5 Å². The summed E-state index contributed by atoms with van der Waals surface area (Å²) >= 11 is 7.15. The number of halogens is 1. The largest absolute Gasteiger partial charge is 0.507 e. The number of hydrogen-bond acceptors (Lipinski definition) is 11. The molecule has 0 aromatic heterocycles. The lowest BCUT2D eigenvalue weighted by Crippen LogP contribution is -2.24. The predicted molar refractivity (Wildman–Crippen MR) is 189 cm³/mol. The van der Waals surface area contributed by atoms with E-state index in [0.29, 0.717) is 28.9 Å². The fourth-order valence-corrected chi connectivity index (χ4v) is 6.11. The van der Waals surface area contributed by atoms with Crippen LogP contribution in [0.5, 0.6) is 17.2 Å². The molecular weight excluding hydrogens is 664 g/mol. The normalized spacial score (nSPS) is 11.8. The molecule has 4 aromatic carbocycles. The Hall–Kier alpha value is -5.55. The van der Waals surface area contributed by atoms with Gasteiger partial charge in [0.05, 0.1) is 75.3 Å². The van der Waals surface area contributed by atoms with Crippen LogP contribution in [0, 0.1) is 13.8 Å². The van der Waals surface area contributed by atoms with Crippen LogP contribution in [-0.2, 0) is 9.47 Å². The third-order valence-corrected chi connectivity index (χ3v) is 8.62. The quantitative estimate of drug-likeness (QED) is 0.0565. The molecule has 0 heterocycles. The Morgan fingerprint density at radius 2 is 1.16 bits per heavy atom. The van der Waals surface area contributed by atoms with Crippen molar-refractivity contribution < 1.29 is 43.6 Å². The van der Waals surface area contributed by atoms with Gasteiger partial charge in [-0.3, -0.25) is 9.59 Å². The lowest BCUT2D eigenvalue weighted by Gasteiger charge is -2.29. The van der Waals surface area contributed by atoms with Crippen LogP contribution in [0.3, 0.4) is 0 Å². The first-order valence-electron chi connectivity index (χ1n) is 16.2. The minimum Gasteiger partial charge on any atom is -0.507 e. The van der Waals surface area contributed by atoms with Crippen LogP contribution in [0.4, 0.5) is 22.7 Å². The molecule has 0 radical (unpaired) electrons. The number of carbonyl (C=O) groups excluding carboxylic acids is 4. The maximum absolute atomic E-state index is 14.4. The van der Waals surface area contributed by atoms with Gasteiger partial charge in [-0.05, 0) is 69.5 Å². The number of fused-ring (bicyclic) bond motifs is 2. The number of esters is 2. The summed E-state index contributed by atoms with van der Waals surface area (Å²) in [4.78, 5) is 54.9. The van der Waals surface area contributed by atoms with E-state index < -0.39 is 46.1 Å². The van der Waals surface area contributed by atoms with Crippen molar-refractivity contribution >= 4 is 57.9 Å². The van der Waals surface area contributed by atoms with Gasteiger partial charge in [0.1, 0.15) is 17.2 Å². The van der Waals surface area contributed by atoms with Gasteiger partial charge in [-0.15, -0.1) is 0 Å². The van der Waals surface area contributed by atoms with Gasteiger partial charge in [0.2, 0.25) is 5.78 Å². The summed E-state index contributed by atoms with van der Waals surface area (Å²) in [6, 6.07) is 12.3. The summed E-state index contributed by atoms with van der Waals surface area (Å²) < 4.78 is 17.0. The summed E-state index contributed by atoms with van der Waals surface area (Å²) in [5.41, 5.74) is 0.895. The van der Waals surface area contributed by atoms with Crippen LogP contribution in [0.25, 0.3) is 0 Å². The Morgan fingerprint density at radius 1 is 0.680 bits per heavy atom. The first kappa shape index (κ1) is 35.7. The summed E-state index contributed by atoms with van der Waals surface area (Å²) in [5.74, 6) is -4.02. The number of carbonyl (C=O) groups is 4. The highest BCUT2D eigenvalue weighted by Gasteiger charge is 2.41. The zero-order valence-electron chi connectivity index (χ0n) is 28.3. The number of benzene rings is 4. The minimum atomic E-state index is -0.832. The number of phenolic OH excluding ortho intramolecular Hbond substituents is 2. The van der Waals surface area contributed by atoms with Crippen molar-refractivity contribution in [2.45, 2.75) is 47.5 Å². The average Bonchev–Trinajstić information content (AvgIpc) is 3.08. The second-order valence-electron chi connectivity index (χ2n) is 11.5. The molecule has 1 aliphatic carbocycles. The van der Waals surface area contributed by atoms with E-state index in [1.807, 2.05) is 6.92 Å². The minimum absolute atomic E-state index is 0.0269. The molecule has 0 saturated carbocycles. The summed E-state index contributed by atoms with van der Waals surface area (Å²) in [5, 5.41) is 27.8. The first-order chi connectivity index (χ1) is 24.0. The third-order valence-electron chi connectivity index (χ3n) is 8.24. The molecule has 11 nitrogen and oxygen atoms in total. The number of nitrogens with one attached hydrogen (secondary N) is 2. The molecule has 0 aliphatic heterocycles. The number of ether oxygens (including phenoxy) is 3. The number of hydrogen-bond donors (Lipinski definition) is 4. The molecule has 260 valence electrons. The molecule has 4 N–H and O–H groups in total. The molecule has 0 bridgehead atoms. The van der Waals surface area contributed by atoms with Crippen molar-refractivity contribution in [2.75, 3.05) is 30.5 Å². The number of phenols is 2. The number of aryl methyl sites for hydroxylation is 2. The van der Waals surface area contributed by atoms with Crippen LogP contribution in [0.15, 0.2) is 48.5 Å². The second kappa shape index (κ2) is 14.9. The van der Waals surface area contributed by atoms with Gasteiger partial charge in [-0.25, -0.2) is 9.59 Å². The third kappa shape index (κ3) is 6.44. The molecule has 0 spiro atoms. The predicted octanol–water partition coefficient (Wildman–Crippen LogP) is 8.16. The van der Waals surface area contributed by atoms with Crippen molar-refractivity contribution in [3.8, 4) is 17.2 Å². The Labute approximate surface area is 294 Å². The van der Waals surface area contributed by atoms with Crippen LogP contribution >= 0.6 is 11.6 Å². The number of ketones is 2. The maximum atomic E-state index is 14.4.